The summed E-state index contributed by atoms with van der Waals surface area (Å²) in [5.41, 5.74) is 8.99. The van der Waals surface area contributed by atoms with Gasteiger partial charge in [0.05, 0.1) is 11.0 Å². The highest BCUT2D eigenvalue weighted by atomic mass is 16.3. The second-order valence-electron chi connectivity index (χ2n) is 11.4. The number of rotatable bonds is 4. The van der Waals surface area contributed by atoms with Gasteiger partial charge in [-0.1, -0.05) is 97.1 Å². The van der Waals surface area contributed by atoms with Gasteiger partial charge in [-0.05, 0) is 55.0 Å². The molecule has 0 bridgehead atoms. The molecule has 0 aliphatic rings. The molecule has 0 spiro atoms. The van der Waals surface area contributed by atoms with Crippen molar-refractivity contribution >= 4 is 43.7 Å². The Morgan fingerprint density at radius 2 is 1.02 bits per heavy atom. The number of para-hydroxylation sites is 2. The Balaban J connectivity index is 1.27. The molecule has 45 heavy (non-hydrogen) atoms. The van der Waals surface area contributed by atoms with Crippen molar-refractivity contribution in [1.82, 2.24) is 19.5 Å². The van der Waals surface area contributed by atoms with E-state index in [1.165, 1.54) is 10.9 Å². The van der Waals surface area contributed by atoms with Crippen LogP contribution in [0.1, 0.15) is 5.56 Å². The lowest BCUT2D eigenvalue weighted by atomic mass is 10.0. The minimum atomic E-state index is 0.620. The van der Waals surface area contributed by atoms with Crippen molar-refractivity contribution in [3.05, 3.63) is 145 Å². The topological polar surface area (TPSA) is 56.7 Å². The van der Waals surface area contributed by atoms with Gasteiger partial charge >= 0.3 is 0 Å². The van der Waals surface area contributed by atoms with Crippen molar-refractivity contribution in [1.29, 1.82) is 0 Å². The predicted octanol–water partition coefficient (Wildman–Crippen LogP) is 10.2. The van der Waals surface area contributed by atoms with E-state index >= 15 is 0 Å². The summed E-state index contributed by atoms with van der Waals surface area (Å²) < 4.78 is 8.93. The Morgan fingerprint density at radius 3 is 1.71 bits per heavy atom. The Kier molecular flexibility index (Phi) is 5.65. The van der Waals surface area contributed by atoms with E-state index in [9.17, 15) is 0 Å². The van der Waals surface area contributed by atoms with Crippen LogP contribution in [0.25, 0.3) is 83.6 Å². The molecule has 212 valence electrons. The number of aryl methyl sites for hydroxylation is 1. The molecule has 3 heterocycles. The summed E-state index contributed by atoms with van der Waals surface area (Å²) >= 11 is 0. The molecule has 5 nitrogen and oxygen atoms in total. The fraction of sp³-hybridized carbons (Fsp3) is 0.0250. The Labute approximate surface area is 259 Å². The molecule has 5 heteroatoms. The number of hydrogen-bond acceptors (Lipinski definition) is 4. The highest BCUT2D eigenvalue weighted by Crippen LogP contribution is 2.40. The van der Waals surface area contributed by atoms with Crippen LogP contribution >= 0.6 is 0 Å². The number of hydrogen-bond donors (Lipinski definition) is 0. The van der Waals surface area contributed by atoms with Crippen LogP contribution < -0.4 is 0 Å². The Hall–Kier alpha value is -6.07. The minimum absolute atomic E-state index is 0.620. The lowest BCUT2D eigenvalue weighted by molar-refractivity contribution is 0.669. The first-order valence-electron chi connectivity index (χ1n) is 15.0. The van der Waals surface area contributed by atoms with Crippen LogP contribution in [0, 0.1) is 6.92 Å². The van der Waals surface area contributed by atoms with Gasteiger partial charge in [0.2, 0.25) is 0 Å². The molecular formula is C40H26N4O. The van der Waals surface area contributed by atoms with Crippen LogP contribution in [0.3, 0.4) is 0 Å². The summed E-state index contributed by atoms with van der Waals surface area (Å²) in [5.74, 6) is 1.90. The fourth-order valence-electron chi connectivity index (χ4n) is 6.42. The fourth-order valence-corrected chi connectivity index (χ4v) is 6.42. The van der Waals surface area contributed by atoms with Crippen LogP contribution in [-0.4, -0.2) is 19.5 Å². The standard InChI is InChI=1S/C40H26N4O/c1-25-21-32-33-22-35-31(29-19-11-12-20-34(29)44(35)28-17-9-4-10-18-28)24-37(33)45-36(32)23-30(25)40-42-38(26-13-5-2-6-14-26)41-39(43-40)27-15-7-3-8-16-27/h2-24H,1H3. The van der Waals surface area contributed by atoms with Crippen LogP contribution in [-0.2, 0) is 0 Å². The van der Waals surface area contributed by atoms with Crippen molar-refractivity contribution in [2.75, 3.05) is 0 Å². The molecule has 0 aliphatic heterocycles. The first-order chi connectivity index (χ1) is 22.2. The maximum atomic E-state index is 6.59. The Morgan fingerprint density at radius 1 is 0.467 bits per heavy atom. The number of fused-ring (bicyclic) bond motifs is 6. The van der Waals surface area contributed by atoms with E-state index in [4.69, 9.17) is 19.4 Å². The maximum absolute atomic E-state index is 6.59. The first-order valence-corrected chi connectivity index (χ1v) is 15.0. The smallest absolute Gasteiger partial charge is 0.164 e. The van der Waals surface area contributed by atoms with Crippen molar-refractivity contribution < 1.29 is 4.42 Å². The number of nitrogens with zero attached hydrogens (tertiary/aromatic N) is 4. The quantitative estimate of drug-likeness (QED) is 0.208. The van der Waals surface area contributed by atoms with E-state index < -0.39 is 0 Å². The van der Waals surface area contributed by atoms with E-state index in [2.05, 4.69) is 90.4 Å². The highest BCUT2D eigenvalue weighted by molar-refractivity contribution is 6.17. The zero-order valence-corrected chi connectivity index (χ0v) is 24.5. The molecule has 3 aromatic heterocycles. The van der Waals surface area contributed by atoms with Crippen molar-refractivity contribution in [3.8, 4) is 39.9 Å². The lowest BCUT2D eigenvalue weighted by Crippen LogP contribution is -2.01. The van der Waals surface area contributed by atoms with E-state index in [1.807, 2.05) is 60.7 Å². The van der Waals surface area contributed by atoms with Gasteiger partial charge in [-0.15, -0.1) is 0 Å². The lowest BCUT2D eigenvalue weighted by Gasteiger charge is -2.10. The molecule has 6 aromatic carbocycles. The summed E-state index contributed by atoms with van der Waals surface area (Å²) in [7, 11) is 0. The second-order valence-corrected chi connectivity index (χ2v) is 11.4. The van der Waals surface area contributed by atoms with Crippen LogP contribution in [0.5, 0.6) is 0 Å². The maximum Gasteiger partial charge on any atom is 0.164 e. The zero-order valence-electron chi connectivity index (χ0n) is 24.5. The molecular weight excluding hydrogens is 552 g/mol. The van der Waals surface area contributed by atoms with Crippen molar-refractivity contribution in [3.63, 3.8) is 0 Å². The third-order valence-electron chi connectivity index (χ3n) is 8.57. The number of furan rings is 1. The second kappa shape index (κ2) is 10.00. The normalized spacial score (nSPS) is 11.7. The van der Waals surface area contributed by atoms with Crippen LogP contribution in [0.4, 0.5) is 0 Å². The van der Waals surface area contributed by atoms with Crippen LogP contribution in [0.2, 0.25) is 0 Å². The van der Waals surface area contributed by atoms with Gasteiger partial charge in [0.25, 0.3) is 0 Å². The average molecular weight is 579 g/mol. The summed E-state index contributed by atoms with van der Waals surface area (Å²) in [5, 5.41) is 4.51. The van der Waals surface area contributed by atoms with Crippen LogP contribution in [0.15, 0.2) is 144 Å². The molecule has 0 fully saturated rings. The summed E-state index contributed by atoms with van der Waals surface area (Å²) in [6, 6.07) is 47.9. The van der Waals surface area contributed by atoms with Gasteiger partial charge in [0.15, 0.2) is 17.5 Å². The van der Waals surface area contributed by atoms with Gasteiger partial charge in [-0.3, -0.25) is 0 Å². The van der Waals surface area contributed by atoms with E-state index in [1.54, 1.807) is 0 Å². The molecule has 0 atom stereocenters. The summed E-state index contributed by atoms with van der Waals surface area (Å²) in [6.07, 6.45) is 0. The van der Waals surface area contributed by atoms with Gasteiger partial charge in [-0.25, -0.2) is 15.0 Å². The van der Waals surface area contributed by atoms with E-state index in [-0.39, 0.29) is 0 Å². The molecule has 0 radical (unpaired) electrons. The molecule has 9 aromatic rings. The molecule has 0 amide bonds. The average Bonchev–Trinajstić information content (AvgIpc) is 3.62. The van der Waals surface area contributed by atoms with Gasteiger partial charge in [-0.2, -0.15) is 0 Å². The van der Waals surface area contributed by atoms with Gasteiger partial charge < -0.3 is 8.98 Å². The number of benzene rings is 6. The highest BCUT2D eigenvalue weighted by Gasteiger charge is 2.19. The monoisotopic (exact) mass is 578 g/mol. The largest absolute Gasteiger partial charge is 0.456 e. The van der Waals surface area contributed by atoms with E-state index in [0.717, 1.165) is 60.8 Å². The third kappa shape index (κ3) is 4.13. The molecule has 0 saturated heterocycles. The zero-order chi connectivity index (χ0) is 29.9. The number of aromatic nitrogens is 4. The molecule has 9 rings (SSSR count). The summed E-state index contributed by atoms with van der Waals surface area (Å²) in [6.45, 7) is 2.11. The summed E-state index contributed by atoms with van der Waals surface area (Å²) in [4.78, 5) is 14.8. The first kappa shape index (κ1) is 25.4. The van der Waals surface area contributed by atoms with Gasteiger partial charge in [0.1, 0.15) is 11.2 Å². The van der Waals surface area contributed by atoms with E-state index in [0.29, 0.717) is 17.5 Å². The molecule has 0 saturated carbocycles. The Bertz CT molecular complexity index is 2470. The molecule has 0 N–H and O–H groups in total. The third-order valence-corrected chi connectivity index (χ3v) is 8.57. The predicted molar refractivity (Wildman–Crippen MR) is 182 cm³/mol. The SMILES string of the molecule is Cc1cc2c(cc1-c1nc(-c3ccccc3)nc(-c3ccccc3)n1)oc1cc3c4ccccc4n(-c4ccccc4)c3cc12. The van der Waals surface area contributed by atoms with Gasteiger partial charge in [0, 0.05) is 43.9 Å². The molecule has 0 unspecified atom stereocenters. The van der Waals surface area contributed by atoms with Crippen molar-refractivity contribution in [2.24, 2.45) is 0 Å². The minimum Gasteiger partial charge on any atom is -0.456 e. The van der Waals surface area contributed by atoms with Crippen molar-refractivity contribution in [2.45, 2.75) is 6.92 Å². The molecule has 0 aliphatic carbocycles.